The lowest BCUT2D eigenvalue weighted by molar-refractivity contribution is -0.118. The highest BCUT2D eigenvalue weighted by Gasteiger charge is 2.29. The number of nitrogen functional groups attached to an aromatic ring is 1. The fraction of sp³-hybridized carbons (Fsp3) is 0.548. The summed E-state index contributed by atoms with van der Waals surface area (Å²) in [5.74, 6) is 1.20. The number of anilines is 3. The van der Waals surface area contributed by atoms with Gasteiger partial charge in [-0.1, -0.05) is 26.0 Å². The molecule has 0 spiro atoms. The number of nitrogens with one attached hydrogen (secondary N) is 1. The molecule has 1 aromatic carbocycles. The van der Waals surface area contributed by atoms with Crippen LogP contribution in [-0.2, 0) is 17.8 Å². The van der Waals surface area contributed by atoms with E-state index in [1.165, 1.54) is 37.7 Å². The van der Waals surface area contributed by atoms with Gasteiger partial charge in [0, 0.05) is 55.8 Å². The van der Waals surface area contributed by atoms with Crippen molar-refractivity contribution < 1.29 is 9.53 Å². The number of carbonyl (C=O) groups excluding carboxylic acids is 1. The molecule has 4 heterocycles. The fourth-order valence-corrected chi connectivity index (χ4v) is 5.46. The third-order valence-electron chi connectivity index (χ3n) is 7.66. The van der Waals surface area contributed by atoms with Crippen LogP contribution >= 0.6 is 0 Å². The molecule has 10 heteroatoms. The molecule has 3 aliphatic heterocycles. The Balaban J connectivity index is 0.000000442. The lowest BCUT2D eigenvalue weighted by Gasteiger charge is -2.38. The van der Waals surface area contributed by atoms with Gasteiger partial charge >= 0.3 is 6.01 Å². The van der Waals surface area contributed by atoms with E-state index in [1.54, 1.807) is 18.1 Å². The minimum absolute atomic E-state index is 0.301. The smallest absolute Gasteiger partial charge is 0.318 e. The fourth-order valence-electron chi connectivity index (χ4n) is 5.46. The van der Waals surface area contributed by atoms with E-state index < -0.39 is 0 Å². The maximum Gasteiger partial charge on any atom is 0.318 e. The minimum atomic E-state index is 0.301. The number of allylic oxidation sites excluding steroid dienone is 1. The predicted molar refractivity (Wildman–Crippen MR) is 169 cm³/mol. The number of likely N-dealkylation sites (tertiary alicyclic amines) is 1. The second kappa shape index (κ2) is 15.4. The summed E-state index contributed by atoms with van der Waals surface area (Å²) in [5.41, 5.74) is 11.9. The molecule has 224 valence electrons. The summed E-state index contributed by atoms with van der Waals surface area (Å²) in [7, 11) is 3.76. The van der Waals surface area contributed by atoms with Crippen molar-refractivity contribution in [3.05, 3.63) is 47.2 Å². The number of benzene rings is 1. The lowest BCUT2D eigenvalue weighted by Crippen LogP contribution is -2.47. The molecule has 1 amide bonds. The van der Waals surface area contributed by atoms with Gasteiger partial charge in [-0.15, -0.1) is 6.58 Å². The van der Waals surface area contributed by atoms with Crippen LogP contribution in [0.4, 0.5) is 17.2 Å². The zero-order valence-electron chi connectivity index (χ0n) is 25.5. The number of aromatic nitrogens is 2. The molecule has 0 atom stereocenters. The Kier molecular flexibility index (Phi) is 11.9. The van der Waals surface area contributed by atoms with Crippen LogP contribution < -0.4 is 20.3 Å². The van der Waals surface area contributed by atoms with Crippen molar-refractivity contribution in [2.24, 2.45) is 0 Å². The van der Waals surface area contributed by atoms with Gasteiger partial charge in [-0.3, -0.25) is 4.79 Å². The number of fused-ring (bicyclic) bond motifs is 1. The van der Waals surface area contributed by atoms with Gasteiger partial charge in [-0.05, 0) is 63.9 Å². The van der Waals surface area contributed by atoms with E-state index in [-0.39, 0.29) is 0 Å². The number of methoxy groups -OCH3 is 1. The van der Waals surface area contributed by atoms with E-state index >= 15 is 0 Å². The molecule has 1 aromatic heterocycles. The van der Waals surface area contributed by atoms with Crippen LogP contribution in [0, 0.1) is 5.41 Å². The standard InChI is InChI=1S/C23H31N7O2.C5H11N.C3H6/c1-15(2)16-4-5-19(25)18(12-24)21(16)30-7-6-17-20(13-30)26-23(32-3)27-22(17)29-10-8-28(14-31)9-11-29;1-6-4-2-3-5-6;1-3-2/h4-5,12,14-15,24H,6-11,13,25H2,1-3H3;2-5H2,1H3;3H,1H2,2H3. The van der Waals surface area contributed by atoms with Crippen LogP contribution in [0.1, 0.15) is 61.9 Å². The molecule has 0 unspecified atom stereocenters. The van der Waals surface area contributed by atoms with Crippen LogP contribution in [-0.4, -0.2) is 92.4 Å². The van der Waals surface area contributed by atoms with E-state index in [4.69, 9.17) is 15.9 Å². The van der Waals surface area contributed by atoms with Crippen LogP contribution in [0.25, 0.3) is 0 Å². The Morgan fingerprint density at radius 1 is 1.05 bits per heavy atom. The van der Waals surface area contributed by atoms with Gasteiger partial charge in [0.25, 0.3) is 0 Å². The largest absolute Gasteiger partial charge is 0.467 e. The van der Waals surface area contributed by atoms with Gasteiger partial charge in [0.1, 0.15) is 5.82 Å². The normalized spacial score (nSPS) is 16.7. The summed E-state index contributed by atoms with van der Waals surface area (Å²) >= 11 is 0. The Morgan fingerprint density at radius 3 is 2.22 bits per heavy atom. The molecule has 0 aliphatic carbocycles. The van der Waals surface area contributed by atoms with Crippen molar-refractivity contribution in [2.45, 2.75) is 52.5 Å². The molecule has 2 saturated heterocycles. The van der Waals surface area contributed by atoms with Gasteiger partial charge in [-0.25, -0.2) is 0 Å². The number of rotatable bonds is 6. The first kappa shape index (κ1) is 31.9. The average Bonchev–Trinajstić information content (AvgIpc) is 3.47. The highest BCUT2D eigenvalue weighted by Crippen LogP contribution is 2.38. The second-order valence-electron chi connectivity index (χ2n) is 11.0. The van der Waals surface area contributed by atoms with Crippen molar-refractivity contribution in [3.63, 3.8) is 0 Å². The zero-order chi connectivity index (χ0) is 29.9. The summed E-state index contributed by atoms with van der Waals surface area (Å²) < 4.78 is 5.43. The molecule has 41 heavy (non-hydrogen) atoms. The van der Waals surface area contributed by atoms with Gasteiger partial charge in [0.05, 0.1) is 25.0 Å². The van der Waals surface area contributed by atoms with Gasteiger partial charge < -0.3 is 35.5 Å². The number of nitrogens with zero attached hydrogens (tertiary/aromatic N) is 6. The van der Waals surface area contributed by atoms with Crippen molar-refractivity contribution >= 4 is 29.8 Å². The molecular weight excluding hydrogens is 516 g/mol. The zero-order valence-corrected chi connectivity index (χ0v) is 25.5. The third-order valence-corrected chi connectivity index (χ3v) is 7.66. The molecule has 0 radical (unpaired) electrons. The summed E-state index contributed by atoms with van der Waals surface area (Å²) in [6, 6.07) is 4.30. The Morgan fingerprint density at radius 2 is 1.71 bits per heavy atom. The first-order chi connectivity index (χ1) is 19.8. The lowest BCUT2D eigenvalue weighted by atomic mass is 9.94. The third kappa shape index (κ3) is 7.97. The van der Waals surface area contributed by atoms with Gasteiger partial charge in [0.15, 0.2) is 0 Å². The highest BCUT2D eigenvalue weighted by molar-refractivity contribution is 5.94. The van der Waals surface area contributed by atoms with E-state index in [1.807, 2.05) is 13.0 Å². The van der Waals surface area contributed by atoms with Crippen molar-refractivity contribution in [2.75, 3.05) is 75.5 Å². The molecule has 3 aliphatic rings. The average molecular weight is 565 g/mol. The maximum absolute atomic E-state index is 11.1. The minimum Gasteiger partial charge on any atom is -0.467 e. The molecule has 0 saturated carbocycles. The number of hydrogen-bond donors (Lipinski definition) is 2. The number of nitrogens with two attached hydrogens (primary N) is 1. The van der Waals surface area contributed by atoms with Crippen LogP contribution in [0.15, 0.2) is 24.8 Å². The van der Waals surface area contributed by atoms with E-state index in [2.05, 4.69) is 58.2 Å². The SMILES string of the molecule is C=CC.CN1CCCC1.COc1nc2c(c(N3CCN(C=O)CC3)n1)CCN(c1c(C(C)C)ccc(N)c1C=N)C2. The first-order valence-corrected chi connectivity index (χ1v) is 14.6. The summed E-state index contributed by atoms with van der Waals surface area (Å²) in [6.45, 7) is 16.4. The van der Waals surface area contributed by atoms with Crippen LogP contribution in [0.5, 0.6) is 6.01 Å². The number of amides is 1. The molecule has 2 fully saturated rings. The summed E-state index contributed by atoms with van der Waals surface area (Å²) in [4.78, 5) is 29.1. The maximum atomic E-state index is 11.1. The Bertz CT molecular complexity index is 1170. The molecular formula is C31H48N8O2. The summed E-state index contributed by atoms with van der Waals surface area (Å²) in [5, 5.41) is 7.98. The monoisotopic (exact) mass is 564 g/mol. The quantitative estimate of drug-likeness (QED) is 0.235. The predicted octanol–water partition coefficient (Wildman–Crippen LogP) is 3.93. The first-order valence-electron chi connectivity index (χ1n) is 14.6. The van der Waals surface area contributed by atoms with Crippen LogP contribution in [0.3, 0.4) is 0 Å². The second-order valence-corrected chi connectivity index (χ2v) is 11.0. The molecule has 2 aromatic rings. The van der Waals surface area contributed by atoms with Gasteiger partial charge in [-0.2, -0.15) is 9.97 Å². The van der Waals surface area contributed by atoms with Gasteiger partial charge in [0.2, 0.25) is 6.41 Å². The van der Waals surface area contributed by atoms with Crippen molar-refractivity contribution in [1.82, 2.24) is 19.8 Å². The Labute approximate surface area is 245 Å². The number of ether oxygens (including phenoxy) is 1. The molecule has 0 bridgehead atoms. The molecule has 5 rings (SSSR count). The number of piperazine rings is 1. The highest BCUT2D eigenvalue weighted by atomic mass is 16.5. The number of carbonyl (C=O) groups is 1. The number of hydrogen-bond acceptors (Lipinski definition) is 9. The molecule has 3 N–H and O–H groups in total. The van der Waals surface area contributed by atoms with E-state index in [9.17, 15) is 4.79 Å². The van der Waals surface area contributed by atoms with Crippen molar-refractivity contribution in [1.29, 1.82) is 5.41 Å². The van der Waals surface area contributed by atoms with E-state index in [0.717, 1.165) is 60.8 Å². The van der Waals surface area contributed by atoms with Crippen LogP contribution in [0.2, 0.25) is 0 Å². The van der Waals surface area contributed by atoms with Crippen molar-refractivity contribution in [3.8, 4) is 6.01 Å². The topological polar surface area (TPSA) is 115 Å². The molecule has 10 nitrogen and oxygen atoms in total. The van der Waals surface area contributed by atoms with E-state index in [0.29, 0.717) is 37.3 Å². The summed E-state index contributed by atoms with van der Waals surface area (Å²) in [6.07, 6.45) is 7.62. The Hall–Kier alpha value is -3.66.